The van der Waals surface area contributed by atoms with Crippen LogP contribution in [-0.2, 0) is 20.2 Å². The molecule has 19 heteroatoms. The Bertz CT molecular complexity index is 1900. The second-order valence-corrected chi connectivity index (χ2v) is 10.6. The van der Waals surface area contributed by atoms with E-state index in [0.29, 0.717) is 0 Å². The van der Waals surface area contributed by atoms with E-state index >= 15 is 0 Å². The number of phenols is 1. The normalized spacial score (nSPS) is 11.9. The van der Waals surface area contributed by atoms with Crippen molar-refractivity contribution in [2.45, 2.75) is 9.79 Å². The summed E-state index contributed by atoms with van der Waals surface area (Å²) in [4.78, 5) is 9.18. The molecule has 0 unspecified atom stereocenters. The summed E-state index contributed by atoms with van der Waals surface area (Å²) in [6.07, 6.45) is 0. The Morgan fingerprint density at radius 3 is 1.73 bits per heavy atom. The summed E-state index contributed by atoms with van der Waals surface area (Å²) in [6.45, 7) is 0. The molecule has 4 aromatic carbocycles. The number of aromatic hydroxyl groups is 1. The molecule has 0 aromatic heterocycles. The summed E-state index contributed by atoms with van der Waals surface area (Å²) in [5.41, 5.74) is 5.66. The van der Waals surface area contributed by atoms with Gasteiger partial charge >= 0.3 is 59.1 Å². The largest absolute Gasteiger partial charge is 1.00 e. The molecule has 41 heavy (non-hydrogen) atoms. The Morgan fingerprint density at radius 2 is 1.24 bits per heavy atom. The van der Waals surface area contributed by atoms with E-state index in [1.165, 1.54) is 48.5 Å². The van der Waals surface area contributed by atoms with Crippen LogP contribution in [0.25, 0.3) is 10.8 Å². The molecule has 0 aliphatic heterocycles. The zero-order chi connectivity index (χ0) is 28.5. The van der Waals surface area contributed by atoms with Gasteiger partial charge in [0.1, 0.15) is 16.3 Å². The number of nitrogen functional groups attached to an aromatic ring is 1. The number of benzene rings is 4. The van der Waals surface area contributed by atoms with E-state index in [0.717, 1.165) is 18.2 Å². The molecule has 0 saturated carbocycles. The number of phenolic OH excluding ortho intramolecular Hbond substituents is 1. The number of azo groups is 2. The first kappa shape index (κ1) is 34.4. The average molecular weight is 619 g/mol. The third kappa shape index (κ3) is 7.92. The fourth-order valence-electron chi connectivity index (χ4n) is 3.39. The van der Waals surface area contributed by atoms with E-state index in [9.17, 15) is 36.6 Å². The number of nitro groups is 1. The van der Waals surface area contributed by atoms with Gasteiger partial charge in [0.2, 0.25) is 0 Å². The number of rotatable bonds is 7. The van der Waals surface area contributed by atoms with Gasteiger partial charge in [0.05, 0.1) is 32.3 Å². The van der Waals surface area contributed by atoms with Crippen molar-refractivity contribution in [3.63, 3.8) is 0 Å². The first-order chi connectivity index (χ1) is 18.3. The maximum Gasteiger partial charge on any atom is 1.00 e. The Balaban J connectivity index is 0.00000294. The molecule has 0 atom stereocenters. The zero-order valence-corrected chi connectivity index (χ0v) is 26.9. The van der Waals surface area contributed by atoms with Crippen LogP contribution in [0.15, 0.2) is 97.0 Å². The average Bonchev–Trinajstić information content (AvgIpc) is 2.87. The van der Waals surface area contributed by atoms with Gasteiger partial charge in [-0.3, -0.25) is 19.2 Å². The molecule has 5 N–H and O–H groups in total. The quantitative estimate of drug-likeness (QED) is 0.0510. The number of fused-ring (bicyclic) bond motifs is 1. The van der Waals surface area contributed by atoms with Crippen molar-refractivity contribution < 1.29 is 95.1 Å². The summed E-state index contributed by atoms with van der Waals surface area (Å²) in [7, 11) is -9.28. The molecule has 0 aliphatic carbocycles. The van der Waals surface area contributed by atoms with Crippen LogP contribution in [0.5, 0.6) is 5.75 Å². The summed E-state index contributed by atoms with van der Waals surface area (Å²) in [5, 5.41) is 36.8. The van der Waals surface area contributed by atoms with E-state index < -0.39 is 35.8 Å². The predicted octanol–water partition coefficient (Wildman–Crippen LogP) is -0.632. The molecule has 0 fully saturated rings. The number of nitrogens with zero attached hydrogens (tertiary/aromatic N) is 5. The smallest absolute Gasteiger partial charge is 0.505 e. The molecular weight excluding hydrogens is 602 g/mol. The topological polar surface area (TPSA) is 248 Å². The van der Waals surface area contributed by atoms with Crippen LogP contribution in [0.4, 0.5) is 34.1 Å². The second-order valence-electron chi connectivity index (χ2n) is 7.78. The number of nitrogens with two attached hydrogens (primary N) is 1. The summed E-state index contributed by atoms with van der Waals surface area (Å²) >= 11 is 0. The molecule has 15 nitrogen and oxygen atoms in total. The fraction of sp³-hybridized carbons (Fsp3) is 0. The van der Waals surface area contributed by atoms with Gasteiger partial charge in [-0.05, 0) is 48.5 Å². The van der Waals surface area contributed by atoms with Crippen molar-refractivity contribution >= 4 is 65.1 Å². The minimum absolute atomic E-state index is 0. The Labute approximate surface area is 276 Å². The van der Waals surface area contributed by atoms with Gasteiger partial charge in [-0.15, -0.1) is 10.2 Å². The standard InChI is InChI=1S/C22H16N6O9S2.2Na/c23-21-18(27-25-13-3-7-15(8-4-13)38(32,33)34)11-19(39(35,36)37)16-9-10-17(22(29)20(16)21)26-24-12-1-5-14(6-2-12)28(30)31;;/h1-11,29H,23H2,(H,32,33,34)(H,35,36,37);;/q;2*+1. The van der Waals surface area contributed by atoms with Crippen molar-refractivity contribution in [3.8, 4) is 5.75 Å². The molecule has 4 aromatic rings. The second kappa shape index (κ2) is 13.4. The Kier molecular flexibility index (Phi) is 11.3. The summed E-state index contributed by atoms with van der Waals surface area (Å²) in [6, 6.07) is 13.0. The number of non-ortho nitro benzene ring substituents is 1. The summed E-state index contributed by atoms with van der Waals surface area (Å²) < 4.78 is 65.4. The molecule has 0 saturated heterocycles. The number of anilines is 1. The third-order valence-corrected chi connectivity index (χ3v) is 7.02. The van der Waals surface area contributed by atoms with Crippen molar-refractivity contribution in [2.24, 2.45) is 20.5 Å². The maximum absolute atomic E-state index is 12.1. The zero-order valence-electron chi connectivity index (χ0n) is 21.3. The fourth-order valence-corrected chi connectivity index (χ4v) is 4.58. The van der Waals surface area contributed by atoms with Gasteiger partial charge in [0.25, 0.3) is 25.9 Å². The molecule has 200 valence electrons. The Hall–Kier alpha value is -2.84. The van der Waals surface area contributed by atoms with Crippen molar-refractivity contribution in [3.05, 3.63) is 76.8 Å². The SMILES string of the molecule is Nc1c(N=Nc2ccc(S(=O)(=O)O)cc2)cc(S(=O)(=O)O)c2ccc(N=Nc3ccc([N+](=O)[O-])cc3)c(O)c12.[Na+].[Na+]. The number of nitro benzene ring substituents is 1. The molecule has 0 amide bonds. The molecule has 0 heterocycles. The number of hydrogen-bond acceptors (Lipinski definition) is 12. The minimum atomic E-state index is -4.84. The Morgan fingerprint density at radius 1 is 0.732 bits per heavy atom. The van der Waals surface area contributed by atoms with E-state index in [-0.39, 0.29) is 109 Å². The molecule has 0 spiro atoms. The van der Waals surface area contributed by atoms with Gasteiger partial charge in [-0.25, -0.2) is 0 Å². The van der Waals surface area contributed by atoms with Crippen LogP contribution in [0.2, 0.25) is 0 Å². The first-order valence-electron chi connectivity index (χ1n) is 10.5. The van der Waals surface area contributed by atoms with Gasteiger partial charge in [0.15, 0.2) is 5.75 Å². The monoisotopic (exact) mass is 618 g/mol. The molecule has 0 radical (unpaired) electrons. The van der Waals surface area contributed by atoms with Crippen LogP contribution >= 0.6 is 0 Å². The van der Waals surface area contributed by atoms with E-state index in [2.05, 4.69) is 20.5 Å². The maximum atomic E-state index is 12.1. The van der Waals surface area contributed by atoms with Crippen molar-refractivity contribution in [2.75, 3.05) is 5.73 Å². The minimum Gasteiger partial charge on any atom is -0.505 e. The molecule has 0 aliphatic rings. The van der Waals surface area contributed by atoms with Crippen molar-refractivity contribution in [1.29, 1.82) is 0 Å². The van der Waals surface area contributed by atoms with Gasteiger partial charge in [-0.1, -0.05) is 6.07 Å². The molecule has 0 bridgehead atoms. The van der Waals surface area contributed by atoms with E-state index in [1.54, 1.807) is 0 Å². The van der Waals surface area contributed by atoms with Crippen LogP contribution in [0, 0.1) is 10.1 Å². The van der Waals surface area contributed by atoms with E-state index in [4.69, 9.17) is 10.3 Å². The van der Waals surface area contributed by atoms with Gasteiger partial charge in [0, 0.05) is 17.5 Å². The van der Waals surface area contributed by atoms with Gasteiger partial charge in [-0.2, -0.15) is 27.1 Å². The van der Waals surface area contributed by atoms with Crippen molar-refractivity contribution in [1.82, 2.24) is 0 Å². The molecule has 4 rings (SSSR count). The van der Waals surface area contributed by atoms with Gasteiger partial charge < -0.3 is 10.8 Å². The van der Waals surface area contributed by atoms with Crippen LogP contribution < -0.4 is 64.8 Å². The van der Waals surface area contributed by atoms with Crippen LogP contribution in [0.3, 0.4) is 0 Å². The van der Waals surface area contributed by atoms with E-state index in [1.807, 2.05) is 0 Å². The third-order valence-electron chi connectivity index (χ3n) is 5.25. The summed E-state index contributed by atoms with van der Waals surface area (Å²) in [5.74, 6) is -0.602. The first-order valence-corrected chi connectivity index (χ1v) is 13.3. The molecular formula is C22H16N6Na2O9S2+2. The predicted molar refractivity (Wildman–Crippen MR) is 138 cm³/mol. The van der Waals surface area contributed by atoms with Crippen LogP contribution in [0.1, 0.15) is 0 Å². The van der Waals surface area contributed by atoms with Crippen LogP contribution in [-0.4, -0.2) is 36.0 Å². The number of hydrogen-bond donors (Lipinski definition) is 4.